The Labute approximate surface area is 114 Å². The van der Waals surface area contributed by atoms with Crippen LogP contribution in [0.4, 0.5) is 13.2 Å². The van der Waals surface area contributed by atoms with Crippen molar-refractivity contribution in [1.82, 2.24) is 0 Å². The highest BCUT2D eigenvalue weighted by Crippen LogP contribution is 2.36. The molecule has 0 aromatic heterocycles. The van der Waals surface area contributed by atoms with Crippen LogP contribution in [0.5, 0.6) is 5.75 Å². The summed E-state index contributed by atoms with van der Waals surface area (Å²) in [6.45, 7) is 5.32. The predicted molar refractivity (Wildman–Crippen MR) is 68.5 cm³/mol. The topological polar surface area (TPSA) is 43.4 Å². The fourth-order valence-electron chi connectivity index (χ4n) is 1.29. The van der Waals surface area contributed by atoms with Crippen LogP contribution < -0.4 is 4.43 Å². The van der Waals surface area contributed by atoms with Crippen LogP contribution in [0.25, 0.3) is 0 Å². The standard InChI is InChI=1S/C10H12ClF3O3SSi/c1-19(2,3)17-8-5-4-7(10(12,13)14)6-9(8)18(11,15)16/h4-6H,1-3H3. The van der Waals surface area contributed by atoms with Crippen LogP contribution >= 0.6 is 10.7 Å². The molecule has 19 heavy (non-hydrogen) atoms. The van der Waals surface area contributed by atoms with E-state index >= 15 is 0 Å². The maximum absolute atomic E-state index is 12.6. The van der Waals surface area contributed by atoms with Gasteiger partial charge < -0.3 is 4.43 Å². The molecule has 0 fully saturated rings. The van der Waals surface area contributed by atoms with Crippen molar-refractivity contribution in [2.45, 2.75) is 30.7 Å². The molecule has 0 aliphatic carbocycles. The van der Waals surface area contributed by atoms with Gasteiger partial charge in [0, 0.05) is 10.7 Å². The minimum atomic E-state index is -4.64. The van der Waals surface area contributed by atoms with E-state index in [-0.39, 0.29) is 5.75 Å². The van der Waals surface area contributed by atoms with Gasteiger partial charge in [-0.15, -0.1) is 0 Å². The van der Waals surface area contributed by atoms with E-state index in [1.165, 1.54) is 0 Å². The Morgan fingerprint density at radius 1 is 1.21 bits per heavy atom. The summed E-state index contributed by atoms with van der Waals surface area (Å²) < 4.78 is 65.8. The molecule has 0 unspecified atom stereocenters. The Morgan fingerprint density at radius 2 is 1.74 bits per heavy atom. The van der Waals surface area contributed by atoms with E-state index in [0.717, 1.165) is 12.1 Å². The molecule has 0 amide bonds. The van der Waals surface area contributed by atoms with E-state index in [4.69, 9.17) is 15.1 Å². The lowest BCUT2D eigenvalue weighted by atomic mass is 10.2. The molecule has 108 valence electrons. The van der Waals surface area contributed by atoms with Crippen molar-refractivity contribution in [3.63, 3.8) is 0 Å². The van der Waals surface area contributed by atoms with Crippen LogP contribution in [-0.4, -0.2) is 16.7 Å². The summed E-state index contributed by atoms with van der Waals surface area (Å²) in [5.74, 6) is -0.151. The average Bonchev–Trinajstić information content (AvgIpc) is 2.11. The fourth-order valence-corrected chi connectivity index (χ4v) is 3.18. The summed E-state index contributed by atoms with van der Waals surface area (Å²) in [7, 11) is -1.34. The predicted octanol–water partition coefficient (Wildman–Crippen LogP) is 3.85. The third kappa shape index (κ3) is 4.70. The highest BCUT2D eigenvalue weighted by molar-refractivity contribution is 8.13. The maximum Gasteiger partial charge on any atom is 0.416 e. The van der Waals surface area contributed by atoms with Crippen LogP contribution in [0.3, 0.4) is 0 Å². The first-order valence-electron chi connectivity index (χ1n) is 5.15. The number of halogens is 4. The van der Waals surface area contributed by atoms with Gasteiger partial charge in [0.15, 0.2) is 0 Å². The molecule has 0 N–H and O–H groups in total. The molecule has 0 spiro atoms. The lowest BCUT2D eigenvalue weighted by Gasteiger charge is -2.21. The fraction of sp³-hybridized carbons (Fsp3) is 0.400. The number of hydrogen-bond acceptors (Lipinski definition) is 3. The third-order valence-electron chi connectivity index (χ3n) is 1.95. The van der Waals surface area contributed by atoms with Crippen LogP contribution in [0.2, 0.25) is 19.6 Å². The molecule has 0 bridgehead atoms. The molecule has 0 aliphatic heterocycles. The van der Waals surface area contributed by atoms with Crippen molar-refractivity contribution < 1.29 is 26.0 Å². The summed E-state index contributed by atoms with van der Waals surface area (Å²) in [4.78, 5) is -0.661. The Bertz CT molecular complexity index is 579. The van der Waals surface area contributed by atoms with Crippen LogP contribution in [0, 0.1) is 0 Å². The second kappa shape index (κ2) is 4.99. The van der Waals surface area contributed by atoms with Crippen molar-refractivity contribution in [1.29, 1.82) is 0 Å². The number of hydrogen-bond donors (Lipinski definition) is 0. The minimum absolute atomic E-state index is 0.151. The monoisotopic (exact) mass is 332 g/mol. The Morgan fingerprint density at radius 3 is 2.11 bits per heavy atom. The molecule has 0 atom stereocenters. The highest BCUT2D eigenvalue weighted by Gasteiger charge is 2.33. The molecule has 0 radical (unpaired) electrons. The molecule has 0 saturated carbocycles. The number of rotatable bonds is 3. The van der Waals surface area contributed by atoms with Crippen LogP contribution in [0.15, 0.2) is 23.1 Å². The van der Waals surface area contributed by atoms with Crippen molar-refractivity contribution in [3.05, 3.63) is 23.8 Å². The van der Waals surface area contributed by atoms with E-state index < -0.39 is 34.0 Å². The molecule has 0 aliphatic rings. The van der Waals surface area contributed by atoms with Gasteiger partial charge in [0.1, 0.15) is 10.6 Å². The first-order chi connectivity index (χ1) is 8.31. The number of benzene rings is 1. The summed E-state index contributed by atoms with van der Waals surface area (Å²) in [6.07, 6.45) is -4.64. The Hall–Kier alpha value is -0.733. The zero-order valence-corrected chi connectivity index (χ0v) is 12.9. The van der Waals surface area contributed by atoms with Gasteiger partial charge in [-0.3, -0.25) is 0 Å². The zero-order valence-electron chi connectivity index (χ0n) is 10.4. The van der Waals surface area contributed by atoms with Gasteiger partial charge >= 0.3 is 6.18 Å². The van der Waals surface area contributed by atoms with Crippen LogP contribution in [-0.2, 0) is 15.2 Å². The van der Waals surface area contributed by atoms with E-state index in [9.17, 15) is 21.6 Å². The summed E-state index contributed by atoms with van der Waals surface area (Å²) in [5.41, 5.74) is -1.09. The van der Waals surface area contributed by atoms with Crippen LogP contribution in [0.1, 0.15) is 5.56 Å². The second-order valence-electron chi connectivity index (χ2n) is 4.81. The van der Waals surface area contributed by atoms with Gasteiger partial charge in [0.2, 0.25) is 8.32 Å². The number of alkyl halides is 3. The van der Waals surface area contributed by atoms with Crippen molar-refractivity contribution in [3.8, 4) is 5.75 Å². The lowest BCUT2D eigenvalue weighted by Crippen LogP contribution is -2.30. The first-order valence-corrected chi connectivity index (χ1v) is 10.9. The van der Waals surface area contributed by atoms with Crippen molar-refractivity contribution in [2.24, 2.45) is 0 Å². The molecule has 3 nitrogen and oxygen atoms in total. The Kier molecular flexibility index (Phi) is 4.28. The van der Waals surface area contributed by atoms with Gasteiger partial charge in [-0.05, 0) is 37.8 Å². The zero-order chi connectivity index (χ0) is 15.1. The van der Waals surface area contributed by atoms with E-state index in [1.54, 1.807) is 19.6 Å². The molecule has 0 heterocycles. The largest absolute Gasteiger partial charge is 0.543 e. The second-order valence-corrected chi connectivity index (χ2v) is 11.8. The molecule has 1 aromatic carbocycles. The normalized spacial score (nSPS) is 13.4. The van der Waals surface area contributed by atoms with Crippen molar-refractivity contribution >= 4 is 28.1 Å². The maximum atomic E-state index is 12.6. The summed E-state index contributed by atoms with van der Waals surface area (Å²) in [6, 6.07) is 2.23. The van der Waals surface area contributed by atoms with E-state index in [2.05, 4.69) is 0 Å². The SMILES string of the molecule is C[Si](C)(C)Oc1ccc(C(F)(F)F)cc1S(=O)(=O)Cl. The van der Waals surface area contributed by atoms with Gasteiger partial charge in [0.25, 0.3) is 9.05 Å². The minimum Gasteiger partial charge on any atom is -0.543 e. The van der Waals surface area contributed by atoms with E-state index in [1.807, 2.05) is 0 Å². The van der Waals surface area contributed by atoms with Gasteiger partial charge in [0.05, 0.1) is 5.56 Å². The van der Waals surface area contributed by atoms with E-state index in [0.29, 0.717) is 6.07 Å². The lowest BCUT2D eigenvalue weighted by molar-refractivity contribution is -0.137. The third-order valence-corrected chi connectivity index (χ3v) is 4.13. The summed E-state index contributed by atoms with van der Waals surface area (Å²) >= 11 is 0. The Balaban J connectivity index is 3.43. The van der Waals surface area contributed by atoms with Crippen molar-refractivity contribution in [2.75, 3.05) is 0 Å². The quantitative estimate of drug-likeness (QED) is 0.624. The average molecular weight is 333 g/mol. The molecular formula is C10H12ClF3O3SSi. The first kappa shape index (κ1) is 16.3. The van der Waals surface area contributed by atoms with Gasteiger partial charge in [-0.1, -0.05) is 0 Å². The molecule has 1 rings (SSSR count). The van der Waals surface area contributed by atoms with Gasteiger partial charge in [-0.2, -0.15) is 13.2 Å². The van der Waals surface area contributed by atoms with Gasteiger partial charge in [-0.25, -0.2) is 8.42 Å². The molecular weight excluding hydrogens is 321 g/mol. The summed E-state index contributed by atoms with van der Waals surface area (Å²) in [5, 5.41) is 0. The molecule has 1 aromatic rings. The molecule has 0 saturated heterocycles. The highest BCUT2D eigenvalue weighted by atomic mass is 35.7. The molecule has 9 heteroatoms. The smallest absolute Gasteiger partial charge is 0.416 e.